The lowest BCUT2D eigenvalue weighted by molar-refractivity contribution is 0.350. The van der Waals surface area contributed by atoms with Gasteiger partial charge in [-0.05, 0) is 46.1 Å². The van der Waals surface area contributed by atoms with Crippen LogP contribution in [-0.4, -0.2) is 37.8 Å². The van der Waals surface area contributed by atoms with Gasteiger partial charge in [0.05, 0.1) is 0 Å². The third kappa shape index (κ3) is 7.53. The van der Waals surface area contributed by atoms with E-state index in [0.717, 1.165) is 19.5 Å². The van der Waals surface area contributed by atoms with Crippen molar-refractivity contribution in [3.63, 3.8) is 0 Å². The SMILES string of the molecule is CCN=CCCCN(C)CC. The Kier molecular flexibility index (Phi) is 7.47. The van der Waals surface area contributed by atoms with Gasteiger partial charge in [-0.1, -0.05) is 6.92 Å². The number of hydrogen-bond donors (Lipinski definition) is 0. The molecule has 0 aromatic rings. The molecular weight excluding hydrogens is 136 g/mol. The molecule has 0 aliphatic rings. The molecule has 0 bridgehead atoms. The fraction of sp³-hybridized carbons (Fsp3) is 0.889. The zero-order valence-electron chi connectivity index (χ0n) is 8.01. The molecule has 0 spiro atoms. The van der Waals surface area contributed by atoms with Gasteiger partial charge in [-0.2, -0.15) is 0 Å². The summed E-state index contributed by atoms with van der Waals surface area (Å²) in [6.07, 6.45) is 4.38. The standard InChI is InChI=1S/C9H20N2/c1-4-10-8-6-7-9-11(3)5-2/h8H,4-7,9H2,1-3H3. The van der Waals surface area contributed by atoms with E-state index in [4.69, 9.17) is 0 Å². The highest BCUT2D eigenvalue weighted by molar-refractivity contribution is 5.56. The molecule has 0 aliphatic heterocycles. The highest BCUT2D eigenvalue weighted by Crippen LogP contribution is 1.89. The molecule has 0 fully saturated rings. The minimum absolute atomic E-state index is 0.920. The molecule has 2 heteroatoms. The van der Waals surface area contributed by atoms with Crippen LogP contribution in [0.3, 0.4) is 0 Å². The molecule has 0 amide bonds. The van der Waals surface area contributed by atoms with Gasteiger partial charge in [-0.25, -0.2) is 0 Å². The fourth-order valence-corrected chi connectivity index (χ4v) is 0.831. The maximum absolute atomic E-state index is 4.15. The fourth-order valence-electron chi connectivity index (χ4n) is 0.831. The van der Waals surface area contributed by atoms with Gasteiger partial charge in [-0.15, -0.1) is 0 Å². The number of rotatable bonds is 6. The van der Waals surface area contributed by atoms with Crippen molar-refractivity contribution in [2.24, 2.45) is 4.99 Å². The van der Waals surface area contributed by atoms with Crippen molar-refractivity contribution in [2.75, 3.05) is 26.7 Å². The zero-order chi connectivity index (χ0) is 8.53. The Labute approximate surface area is 70.3 Å². The van der Waals surface area contributed by atoms with E-state index in [9.17, 15) is 0 Å². The Morgan fingerprint density at radius 2 is 2.09 bits per heavy atom. The van der Waals surface area contributed by atoms with Gasteiger partial charge in [0.15, 0.2) is 0 Å². The summed E-state index contributed by atoms with van der Waals surface area (Å²) >= 11 is 0. The third-order valence-corrected chi connectivity index (χ3v) is 1.72. The highest BCUT2D eigenvalue weighted by Gasteiger charge is 1.91. The number of hydrogen-bond acceptors (Lipinski definition) is 2. The van der Waals surface area contributed by atoms with Crippen LogP contribution in [-0.2, 0) is 0 Å². The molecule has 0 aliphatic carbocycles. The molecule has 2 nitrogen and oxygen atoms in total. The van der Waals surface area contributed by atoms with Crippen molar-refractivity contribution in [3.05, 3.63) is 0 Å². The van der Waals surface area contributed by atoms with Crippen molar-refractivity contribution in [1.82, 2.24) is 4.90 Å². The molecule has 0 heterocycles. The van der Waals surface area contributed by atoms with Gasteiger partial charge < -0.3 is 4.90 Å². The van der Waals surface area contributed by atoms with E-state index in [-0.39, 0.29) is 0 Å². The topological polar surface area (TPSA) is 15.6 Å². The second kappa shape index (κ2) is 7.73. The van der Waals surface area contributed by atoms with Gasteiger partial charge >= 0.3 is 0 Å². The summed E-state index contributed by atoms with van der Waals surface area (Å²) in [5, 5.41) is 0. The lowest BCUT2D eigenvalue weighted by atomic mass is 10.3. The van der Waals surface area contributed by atoms with Crippen LogP contribution in [0.15, 0.2) is 4.99 Å². The van der Waals surface area contributed by atoms with Crippen molar-refractivity contribution >= 4 is 6.21 Å². The van der Waals surface area contributed by atoms with Crippen LogP contribution in [0.4, 0.5) is 0 Å². The van der Waals surface area contributed by atoms with E-state index in [0.29, 0.717) is 0 Å². The molecule has 0 rings (SSSR count). The van der Waals surface area contributed by atoms with Crippen LogP contribution in [0.5, 0.6) is 0 Å². The summed E-state index contributed by atoms with van der Waals surface area (Å²) in [7, 11) is 2.15. The van der Waals surface area contributed by atoms with Gasteiger partial charge in [0.2, 0.25) is 0 Å². The molecule has 0 aromatic carbocycles. The van der Waals surface area contributed by atoms with E-state index in [1.165, 1.54) is 13.0 Å². The second-order valence-corrected chi connectivity index (χ2v) is 2.72. The summed E-state index contributed by atoms with van der Waals surface area (Å²) in [6, 6.07) is 0. The molecule has 0 saturated carbocycles. The molecule has 0 radical (unpaired) electrons. The summed E-state index contributed by atoms with van der Waals surface area (Å²) in [4.78, 5) is 6.47. The summed E-state index contributed by atoms with van der Waals surface area (Å²) in [5.74, 6) is 0. The van der Waals surface area contributed by atoms with Gasteiger partial charge in [0.1, 0.15) is 0 Å². The predicted octanol–water partition coefficient (Wildman–Crippen LogP) is 1.81. The Morgan fingerprint density at radius 1 is 1.36 bits per heavy atom. The highest BCUT2D eigenvalue weighted by atomic mass is 15.1. The van der Waals surface area contributed by atoms with Crippen LogP contribution in [0.2, 0.25) is 0 Å². The maximum atomic E-state index is 4.15. The first kappa shape index (κ1) is 10.6. The van der Waals surface area contributed by atoms with E-state index in [2.05, 4.69) is 30.8 Å². The van der Waals surface area contributed by atoms with Crippen LogP contribution in [0.25, 0.3) is 0 Å². The third-order valence-electron chi connectivity index (χ3n) is 1.72. The molecule has 0 aromatic heterocycles. The lowest BCUT2D eigenvalue weighted by Gasteiger charge is -2.11. The summed E-state index contributed by atoms with van der Waals surface area (Å²) in [5.41, 5.74) is 0. The smallest absolute Gasteiger partial charge is 0.0357 e. The zero-order valence-corrected chi connectivity index (χ0v) is 8.01. The first-order chi connectivity index (χ1) is 5.31. The molecular formula is C9H20N2. The molecule has 0 unspecified atom stereocenters. The van der Waals surface area contributed by atoms with Crippen molar-refractivity contribution in [1.29, 1.82) is 0 Å². The molecule has 66 valence electrons. The minimum atomic E-state index is 0.920. The number of nitrogens with zero attached hydrogens (tertiary/aromatic N) is 2. The summed E-state index contributed by atoms with van der Waals surface area (Å²) in [6.45, 7) is 7.50. The Morgan fingerprint density at radius 3 is 2.64 bits per heavy atom. The second-order valence-electron chi connectivity index (χ2n) is 2.72. The van der Waals surface area contributed by atoms with Crippen LogP contribution in [0, 0.1) is 0 Å². The molecule has 0 saturated heterocycles. The summed E-state index contributed by atoms with van der Waals surface area (Å²) < 4.78 is 0. The van der Waals surface area contributed by atoms with Gasteiger partial charge in [-0.3, -0.25) is 4.99 Å². The largest absolute Gasteiger partial charge is 0.307 e. The van der Waals surface area contributed by atoms with Crippen LogP contribution < -0.4 is 0 Å². The molecule has 11 heavy (non-hydrogen) atoms. The first-order valence-corrected chi connectivity index (χ1v) is 4.48. The monoisotopic (exact) mass is 156 g/mol. The van der Waals surface area contributed by atoms with Crippen LogP contribution in [0.1, 0.15) is 26.7 Å². The number of unbranched alkanes of at least 4 members (excludes halogenated alkanes) is 1. The normalized spacial score (nSPS) is 11.6. The Bertz CT molecular complexity index is 99.7. The average Bonchev–Trinajstić information content (AvgIpc) is 2.04. The van der Waals surface area contributed by atoms with Crippen LogP contribution >= 0.6 is 0 Å². The van der Waals surface area contributed by atoms with E-state index in [1.54, 1.807) is 0 Å². The van der Waals surface area contributed by atoms with Crippen molar-refractivity contribution < 1.29 is 0 Å². The molecule has 0 N–H and O–H groups in total. The Hall–Kier alpha value is -0.370. The van der Waals surface area contributed by atoms with Crippen molar-refractivity contribution in [3.8, 4) is 0 Å². The average molecular weight is 156 g/mol. The quantitative estimate of drug-likeness (QED) is 0.423. The Balaban J connectivity index is 3.07. The van der Waals surface area contributed by atoms with E-state index >= 15 is 0 Å². The molecule has 0 atom stereocenters. The minimum Gasteiger partial charge on any atom is -0.307 e. The number of aliphatic imine (C=N–C) groups is 1. The van der Waals surface area contributed by atoms with Gasteiger partial charge in [0, 0.05) is 6.54 Å². The van der Waals surface area contributed by atoms with E-state index < -0.39 is 0 Å². The lowest BCUT2D eigenvalue weighted by Crippen LogP contribution is -2.18. The first-order valence-electron chi connectivity index (χ1n) is 4.48. The van der Waals surface area contributed by atoms with Crippen molar-refractivity contribution in [2.45, 2.75) is 26.7 Å². The van der Waals surface area contributed by atoms with E-state index in [1.807, 2.05) is 6.21 Å². The van der Waals surface area contributed by atoms with Gasteiger partial charge in [0.25, 0.3) is 0 Å². The maximum Gasteiger partial charge on any atom is 0.0357 e. The predicted molar refractivity (Wildman–Crippen MR) is 51.4 cm³/mol.